The fourth-order valence-electron chi connectivity index (χ4n) is 3.62. The van der Waals surface area contributed by atoms with Crippen LogP contribution in [0.5, 0.6) is 0 Å². The van der Waals surface area contributed by atoms with Crippen LogP contribution in [0.25, 0.3) is 11.2 Å². The number of aromatic nitrogens is 4. The standard InChI is InChI=1S/C19H20ClN5O3/c1-11-5-6-13(9-14(11)20)23-7-4-8-24-15-16(21-18(23)24)22(3)19(28)25(17(15)27)10-12(2)26/h5-6,9H,4,7-8,10H2,1-3H3. The Morgan fingerprint density at radius 1 is 1.25 bits per heavy atom. The van der Waals surface area contributed by atoms with Gasteiger partial charge >= 0.3 is 5.69 Å². The molecular formula is C19H20ClN5O3. The van der Waals surface area contributed by atoms with Gasteiger partial charge in [0.05, 0.1) is 6.54 Å². The summed E-state index contributed by atoms with van der Waals surface area (Å²) in [6.07, 6.45) is 0.805. The fraction of sp³-hybridized carbons (Fsp3) is 0.368. The first-order valence-corrected chi connectivity index (χ1v) is 9.40. The number of halogens is 1. The van der Waals surface area contributed by atoms with E-state index < -0.39 is 11.2 Å². The molecular weight excluding hydrogens is 382 g/mol. The summed E-state index contributed by atoms with van der Waals surface area (Å²) in [5, 5.41) is 0.655. The first-order chi connectivity index (χ1) is 13.3. The van der Waals surface area contributed by atoms with E-state index in [4.69, 9.17) is 11.6 Å². The van der Waals surface area contributed by atoms with Crippen LogP contribution in [0.1, 0.15) is 18.9 Å². The molecule has 9 heteroatoms. The summed E-state index contributed by atoms with van der Waals surface area (Å²) < 4.78 is 4.12. The minimum absolute atomic E-state index is 0.251. The van der Waals surface area contributed by atoms with Crippen molar-refractivity contribution in [3.8, 4) is 0 Å². The Bertz CT molecular complexity index is 1240. The number of aryl methyl sites for hydroxylation is 3. The third-order valence-corrected chi connectivity index (χ3v) is 5.47. The minimum atomic E-state index is -0.548. The number of nitrogens with zero attached hydrogens (tertiary/aromatic N) is 5. The van der Waals surface area contributed by atoms with Crippen molar-refractivity contribution in [2.24, 2.45) is 7.05 Å². The zero-order chi connectivity index (χ0) is 20.2. The Morgan fingerprint density at radius 2 is 2.00 bits per heavy atom. The van der Waals surface area contributed by atoms with Crippen molar-refractivity contribution in [1.82, 2.24) is 18.7 Å². The van der Waals surface area contributed by atoms with Gasteiger partial charge in [-0.1, -0.05) is 17.7 Å². The molecule has 0 amide bonds. The van der Waals surface area contributed by atoms with Crippen LogP contribution < -0.4 is 16.1 Å². The Balaban J connectivity index is 1.98. The Hall–Kier alpha value is -2.87. The molecule has 3 heterocycles. The van der Waals surface area contributed by atoms with Gasteiger partial charge in [0, 0.05) is 30.8 Å². The molecule has 0 spiro atoms. The second-order valence-electron chi connectivity index (χ2n) is 7.11. The van der Waals surface area contributed by atoms with Gasteiger partial charge in [0.15, 0.2) is 11.2 Å². The summed E-state index contributed by atoms with van der Waals surface area (Å²) in [5.74, 6) is 0.335. The third kappa shape index (κ3) is 2.75. The summed E-state index contributed by atoms with van der Waals surface area (Å²) in [6, 6.07) is 5.77. The molecule has 28 heavy (non-hydrogen) atoms. The van der Waals surface area contributed by atoms with Gasteiger partial charge in [-0.3, -0.25) is 18.7 Å². The number of carbonyl (C=O) groups excluding carboxylic acids is 1. The predicted octanol–water partition coefficient (Wildman–Crippen LogP) is 1.99. The SMILES string of the molecule is CC(=O)Cn1c(=O)c2c(nc3n2CCCN3c2ccc(C)c(Cl)c2)n(C)c1=O. The van der Waals surface area contributed by atoms with E-state index in [0.717, 1.165) is 28.8 Å². The highest BCUT2D eigenvalue weighted by Crippen LogP contribution is 2.33. The molecule has 1 aromatic carbocycles. The summed E-state index contributed by atoms with van der Waals surface area (Å²) in [6.45, 7) is 4.36. The van der Waals surface area contributed by atoms with Gasteiger partial charge in [0.1, 0.15) is 5.78 Å². The van der Waals surface area contributed by atoms with Gasteiger partial charge in [-0.25, -0.2) is 4.79 Å². The quantitative estimate of drug-likeness (QED) is 0.670. The summed E-state index contributed by atoms with van der Waals surface area (Å²) >= 11 is 6.29. The van der Waals surface area contributed by atoms with E-state index >= 15 is 0 Å². The molecule has 0 N–H and O–H groups in total. The lowest BCUT2D eigenvalue weighted by atomic mass is 10.2. The van der Waals surface area contributed by atoms with E-state index in [2.05, 4.69) is 4.98 Å². The predicted molar refractivity (Wildman–Crippen MR) is 108 cm³/mol. The van der Waals surface area contributed by atoms with Crippen molar-refractivity contribution in [1.29, 1.82) is 0 Å². The number of ketones is 1. The maximum atomic E-state index is 13.0. The van der Waals surface area contributed by atoms with E-state index in [0.29, 0.717) is 28.7 Å². The maximum absolute atomic E-state index is 13.0. The van der Waals surface area contributed by atoms with Gasteiger partial charge in [-0.05, 0) is 38.0 Å². The van der Waals surface area contributed by atoms with Gasteiger partial charge in [-0.15, -0.1) is 0 Å². The molecule has 0 atom stereocenters. The molecule has 0 saturated carbocycles. The molecule has 1 aliphatic rings. The summed E-state index contributed by atoms with van der Waals surface area (Å²) in [4.78, 5) is 43.7. The number of benzene rings is 1. The average Bonchev–Trinajstić information content (AvgIpc) is 3.05. The van der Waals surface area contributed by atoms with E-state index in [1.807, 2.05) is 34.6 Å². The second-order valence-corrected chi connectivity index (χ2v) is 7.52. The number of imidazole rings is 1. The van der Waals surface area contributed by atoms with Crippen LogP contribution in [0, 0.1) is 6.92 Å². The van der Waals surface area contributed by atoms with Gasteiger partial charge in [0.2, 0.25) is 5.95 Å². The molecule has 146 valence electrons. The topological polar surface area (TPSA) is 82.1 Å². The summed E-state index contributed by atoms with van der Waals surface area (Å²) in [5.41, 5.74) is 1.46. The highest BCUT2D eigenvalue weighted by atomic mass is 35.5. The zero-order valence-corrected chi connectivity index (χ0v) is 16.7. The molecule has 1 aliphatic heterocycles. The molecule has 3 aromatic rings. The Morgan fingerprint density at radius 3 is 2.68 bits per heavy atom. The van der Waals surface area contributed by atoms with Crippen molar-refractivity contribution in [2.45, 2.75) is 33.4 Å². The lowest BCUT2D eigenvalue weighted by Gasteiger charge is -2.29. The van der Waals surface area contributed by atoms with Crippen LogP contribution in [0.15, 0.2) is 27.8 Å². The summed E-state index contributed by atoms with van der Waals surface area (Å²) in [7, 11) is 1.56. The molecule has 0 unspecified atom stereocenters. The van der Waals surface area contributed by atoms with Crippen molar-refractivity contribution in [3.63, 3.8) is 0 Å². The van der Waals surface area contributed by atoms with Crippen LogP contribution >= 0.6 is 11.6 Å². The van der Waals surface area contributed by atoms with Crippen molar-refractivity contribution in [2.75, 3.05) is 11.4 Å². The molecule has 8 nitrogen and oxygen atoms in total. The van der Waals surface area contributed by atoms with E-state index in [1.54, 1.807) is 7.05 Å². The third-order valence-electron chi connectivity index (χ3n) is 5.07. The fourth-order valence-corrected chi connectivity index (χ4v) is 3.80. The monoisotopic (exact) mass is 401 g/mol. The number of hydrogen-bond donors (Lipinski definition) is 0. The normalized spacial score (nSPS) is 13.8. The first kappa shape index (κ1) is 18.5. The van der Waals surface area contributed by atoms with Crippen LogP contribution in [0.2, 0.25) is 5.02 Å². The zero-order valence-electron chi connectivity index (χ0n) is 15.9. The number of anilines is 2. The Kier molecular flexibility index (Phi) is 4.38. The maximum Gasteiger partial charge on any atom is 0.332 e. The lowest BCUT2D eigenvalue weighted by Crippen LogP contribution is -2.41. The Labute approximate surface area is 165 Å². The van der Waals surface area contributed by atoms with Crippen molar-refractivity contribution >= 4 is 40.2 Å². The van der Waals surface area contributed by atoms with Crippen LogP contribution in [-0.2, 0) is 24.9 Å². The van der Waals surface area contributed by atoms with Gasteiger partial charge in [-0.2, -0.15) is 4.98 Å². The number of hydrogen-bond acceptors (Lipinski definition) is 5. The van der Waals surface area contributed by atoms with Crippen LogP contribution in [-0.4, -0.2) is 31.0 Å². The minimum Gasteiger partial charge on any atom is -0.312 e. The lowest BCUT2D eigenvalue weighted by molar-refractivity contribution is -0.117. The van der Waals surface area contributed by atoms with E-state index in [9.17, 15) is 14.4 Å². The number of rotatable bonds is 3. The van der Waals surface area contributed by atoms with Crippen LogP contribution in [0.4, 0.5) is 11.6 Å². The second kappa shape index (κ2) is 6.63. The highest BCUT2D eigenvalue weighted by molar-refractivity contribution is 6.31. The van der Waals surface area contributed by atoms with Gasteiger partial charge in [0.25, 0.3) is 5.56 Å². The van der Waals surface area contributed by atoms with Crippen molar-refractivity contribution in [3.05, 3.63) is 49.6 Å². The number of carbonyl (C=O) groups is 1. The van der Waals surface area contributed by atoms with E-state index in [1.165, 1.54) is 11.5 Å². The molecule has 0 aliphatic carbocycles. The molecule has 0 bridgehead atoms. The molecule has 4 rings (SSSR count). The molecule has 0 radical (unpaired) electrons. The molecule has 2 aromatic heterocycles. The molecule has 0 fully saturated rings. The van der Waals surface area contributed by atoms with Crippen molar-refractivity contribution < 1.29 is 4.79 Å². The first-order valence-electron chi connectivity index (χ1n) is 9.02. The van der Waals surface area contributed by atoms with E-state index in [-0.39, 0.29) is 12.3 Å². The number of fused-ring (bicyclic) bond motifs is 3. The van der Waals surface area contributed by atoms with Gasteiger partial charge < -0.3 is 9.47 Å². The number of Topliss-reactive ketones (excluding diaryl/α,β-unsaturated/α-hetero) is 1. The van der Waals surface area contributed by atoms with Crippen LogP contribution in [0.3, 0.4) is 0 Å². The highest BCUT2D eigenvalue weighted by Gasteiger charge is 2.27. The average molecular weight is 402 g/mol. The largest absolute Gasteiger partial charge is 0.332 e. The molecule has 0 saturated heterocycles. The smallest absolute Gasteiger partial charge is 0.312 e.